The van der Waals surface area contributed by atoms with Crippen molar-refractivity contribution in [2.45, 2.75) is 33.5 Å². The van der Waals surface area contributed by atoms with E-state index in [2.05, 4.69) is 84.3 Å². The van der Waals surface area contributed by atoms with Crippen LogP contribution in [-0.4, -0.2) is 19.7 Å². The molecule has 1 aliphatic rings. The van der Waals surface area contributed by atoms with Crippen molar-refractivity contribution in [1.82, 2.24) is 0 Å². The van der Waals surface area contributed by atoms with Crippen LogP contribution in [0.25, 0.3) is 0 Å². The molecule has 0 aromatic heterocycles. The molecular formula is C32H33FN2O2. The van der Waals surface area contributed by atoms with Crippen molar-refractivity contribution in [2.24, 2.45) is 0 Å². The molecule has 1 saturated heterocycles. The lowest BCUT2D eigenvalue weighted by atomic mass is 10.1. The van der Waals surface area contributed by atoms with Gasteiger partial charge in [0, 0.05) is 30.0 Å². The Kier molecular flexibility index (Phi) is 7.31. The third-order valence-corrected chi connectivity index (χ3v) is 6.81. The molecule has 0 aliphatic carbocycles. The van der Waals surface area contributed by atoms with Crippen LogP contribution in [0.15, 0.2) is 91.0 Å². The first-order valence-corrected chi connectivity index (χ1v) is 12.8. The molecule has 4 aromatic rings. The van der Waals surface area contributed by atoms with Gasteiger partial charge in [0.25, 0.3) is 0 Å². The Bertz CT molecular complexity index is 1280. The van der Waals surface area contributed by atoms with Crippen molar-refractivity contribution < 1.29 is 13.9 Å². The number of anilines is 2. The van der Waals surface area contributed by atoms with E-state index in [1.807, 2.05) is 19.1 Å². The monoisotopic (exact) mass is 496 g/mol. The van der Waals surface area contributed by atoms with Crippen molar-refractivity contribution in [3.63, 3.8) is 0 Å². The summed E-state index contributed by atoms with van der Waals surface area (Å²) in [7, 11) is 0. The van der Waals surface area contributed by atoms with Gasteiger partial charge in [-0.1, -0.05) is 59.7 Å². The minimum atomic E-state index is -0.273. The van der Waals surface area contributed by atoms with Crippen molar-refractivity contribution in [3.05, 3.63) is 119 Å². The lowest BCUT2D eigenvalue weighted by molar-refractivity contribution is 0.265. The van der Waals surface area contributed by atoms with Crippen LogP contribution in [-0.2, 0) is 6.61 Å². The average Bonchev–Trinajstić information content (AvgIpc) is 3.35. The predicted molar refractivity (Wildman–Crippen MR) is 148 cm³/mol. The van der Waals surface area contributed by atoms with Gasteiger partial charge in [-0.3, -0.25) is 0 Å². The molecule has 37 heavy (non-hydrogen) atoms. The zero-order valence-corrected chi connectivity index (χ0v) is 21.7. The van der Waals surface area contributed by atoms with Crippen molar-refractivity contribution in [1.29, 1.82) is 0 Å². The summed E-state index contributed by atoms with van der Waals surface area (Å²) in [6.07, 6.45) is -0.00904. The topological polar surface area (TPSA) is 24.9 Å². The highest BCUT2D eigenvalue weighted by Gasteiger charge is 2.34. The largest absolute Gasteiger partial charge is 0.490 e. The van der Waals surface area contributed by atoms with Gasteiger partial charge >= 0.3 is 0 Å². The van der Waals surface area contributed by atoms with Crippen molar-refractivity contribution >= 4 is 11.4 Å². The van der Waals surface area contributed by atoms with Crippen LogP contribution in [0.2, 0.25) is 0 Å². The molecule has 0 radical (unpaired) electrons. The van der Waals surface area contributed by atoms with Crippen molar-refractivity contribution in [2.75, 3.05) is 29.5 Å². The predicted octanol–water partition coefficient (Wildman–Crippen LogP) is 7.45. The maximum atomic E-state index is 14.1. The lowest BCUT2D eigenvalue weighted by Crippen LogP contribution is -2.31. The minimum Gasteiger partial charge on any atom is -0.490 e. The summed E-state index contributed by atoms with van der Waals surface area (Å²) >= 11 is 0. The van der Waals surface area contributed by atoms with Gasteiger partial charge < -0.3 is 19.3 Å². The standard InChI is InChI=1S/C32H33FN2O2/c1-4-36-31-21-25(13-18-30(31)37-22-26-7-5-6-8-29(26)33)32-34(27-14-9-23(2)10-15-27)19-20-35(32)28-16-11-24(3)12-17-28/h5-18,21,32H,4,19-20,22H2,1-3H3. The highest BCUT2D eigenvalue weighted by atomic mass is 19.1. The minimum absolute atomic E-state index is 0.00904. The fourth-order valence-corrected chi connectivity index (χ4v) is 4.85. The zero-order valence-electron chi connectivity index (χ0n) is 21.7. The van der Waals surface area contributed by atoms with Crippen LogP contribution >= 0.6 is 0 Å². The smallest absolute Gasteiger partial charge is 0.161 e. The summed E-state index contributed by atoms with van der Waals surface area (Å²) in [4.78, 5) is 4.87. The van der Waals surface area contributed by atoms with E-state index in [0.29, 0.717) is 23.7 Å². The summed E-state index contributed by atoms with van der Waals surface area (Å²) < 4.78 is 26.2. The van der Waals surface area contributed by atoms with E-state index in [1.54, 1.807) is 12.1 Å². The first-order chi connectivity index (χ1) is 18.0. The second-order valence-corrected chi connectivity index (χ2v) is 9.45. The van der Waals surface area contributed by atoms with Gasteiger partial charge in [0.2, 0.25) is 0 Å². The molecule has 0 amide bonds. The van der Waals surface area contributed by atoms with Gasteiger partial charge in [-0.05, 0) is 68.8 Å². The summed E-state index contributed by atoms with van der Waals surface area (Å²) in [5.74, 6) is 0.997. The van der Waals surface area contributed by atoms with Crippen LogP contribution in [0.5, 0.6) is 11.5 Å². The lowest BCUT2D eigenvalue weighted by Gasteiger charge is -2.33. The molecule has 0 N–H and O–H groups in total. The summed E-state index contributed by atoms with van der Waals surface area (Å²) in [6.45, 7) is 8.62. The zero-order chi connectivity index (χ0) is 25.8. The van der Waals surface area contributed by atoms with Gasteiger partial charge in [0.15, 0.2) is 11.5 Å². The molecule has 5 heteroatoms. The molecule has 4 aromatic carbocycles. The van der Waals surface area contributed by atoms with Crippen LogP contribution < -0.4 is 19.3 Å². The maximum absolute atomic E-state index is 14.1. The average molecular weight is 497 g/mol. The van der Waals surface area contributed by atoms with Crippen molar-refractivity contribution in [3.8, 4) is 11.5 Å². The Labute approximate surface area is 218 Å². The molecule has 0 spiro atoms. The Morgan fingerprint density at radius 1 is 0.730 bits per heavy atom. The number of hydrogen-bond donors (Lipinski definition) is 0. The van der Waals surface area contributed by atoms with Crippen LogP contribution in [0.4, 0.5) is 15.8 Å². The van der Waals surface area contributed by atoms with Gasteiger partial charge in [-0.15, -0.1) is 0 Å². The van der Waals surface area contributed by atoms with Crippen LogP contribution in [0.3, 0.4) is 0 Å². The Morgan fingerprint density at radius 2 is 1.32 bits per heavy atom. The summed E-state index contributed by atoms with van der Waals surface area (Å²) in [5, 5.41) is 0. The number of hydrogen-bond acceptors (Lipinski definition) is 4. The molecule has 0 unspecified atom stereocenters. The molecule has 0 bridgehead atoms. The molecule has 1 aliphatic heterocycles. The van der Waals surface area contributed by atoms with E-state index in [1.165, 1.54) is 28.6 Å². The number of aryl methyl sites for hydroxylation is 2. The second kappa shape index (κ2) is 11.0. The fraction of sp³-hybridized carbons (Fsp3) is 0.250. The highest BCUT2D eigenvalue weighted by molar-refractivity contribution is 5.60. The Morgan fingerprint density at radius 3 is 1.89 bits per heavy atom. The van der Waals surface area contributed by atoms with Gasteiger partial charge in [-0.25, -0.2) is 4.39 Å². The molecule has 5 rings (SSSR count). The Balaban J connectivity index is 1.50. The van der Waals surface area contributed by atoms with E-state index in [-0.39, 0.29) is 18.6 Å². The van der Waals surface area contributed by atoms with Crippen LogP contribution in [0, 0.1) is 19.7 Å². The number of ether oxygens (including phenoxy) is 2. The normalized spacial score (nSPS) is 13.7. The molecule has 1 fully saturated rings. The van der Waals surface area contributed by atoms with Crippen LogP contribution in [0.1, 0.15) is 35.3 Å². The Hall–Kier alpha value is -3.99. The number of rotatable bonds is 8. The number of nitrogens with zero attached hydrogens (tertiary/aromatic N) is 2. The molecule has 190 valence electrons. The SMILES string of the molecule is CCOc1cc(C2N(c3ccc(C)cc3)CCN2c2ccc(C)cc2)ccc1OCc1ccccc1F. The molecule has 4 nitrogen and oxygen atoms in total. The number of halogens is 1. The quantitative estimate of drug-likeness (QED) is 0.253. The first-order valence-electron chi connectivity index (χ1n) is 12.8. The molecular weight excluding hydrogens is 463 g/mol. The first kappa shape index (κ1) is 24.7. The molecule has 0 saturated carbocycles. The van der Waals surface area contributed by atoms with E-state index in [9.17, 15) is 4.39 Å². The van der Waals surface area contributed by atoms with Gasteiger partial charge in [0.05, 0.1) is 6.61 Å². The highest BCUT2D eigenvalue weighted by Crippen LogP contribution is 2.41. The van der Waals surface area contributed by atoms with E-state index in [4.69, 9.17) is 9.47 Å². The van der Waals surface area contributed by atoms with E-state index in [0.717, 1.165) is 18.7 Å². The maximum Gasteiger partial charge on any atom is 0.161 e. The van der Waals surface area contributed by atoms with E-state index >= 15 is 0 Å². The summed E-state index contributed by atoms with van der Waals surface area (Å²) in [5.41, 5.74) is 6.47. The number of benzene rings is 4. The van der Waals surface area contributed by atoms with E-state index < -0.39 is 0 Å². The van der Waals surface area contributed by atoms with Gasteiger partial charge in [-0.2, -0.15) is 0 Å². The molecule has 1 heterocycles. The third-order valence-electron chi connectivity index (χ3n) is 6.81. The second-order valence-electron chi connectivity index (χ2n) is 9.45. The summed E-state index contributed by atoms with van der Waals surface area (Å²) in [6, 6.07) is 30.2. The fourth-order valence-electron chi connectivity index (χ4n) is 4.85. The third kappa shape index (κ3) is 5.41. The van der Waals surface area contributed by atoms with Gasteiger partial charge in [0.1, 0.15) is 18.6 Å². The molecule has 0 atom stereocenters.